The van der Waals surface area contributed by atoms with Gasteiger partial charge in [0.2, 0.25) is 0 Å². The number of benzene rings is 3. The van der Waals surface area contributed by atoms with E-state index < -0.39 is 29.8 Å². The van der Waals surface area contributed by atoms with Crippen molar-refractivity contribution in [2.75, 3.05) is 5.32 Å². The van der Waals surface area contributed by atoms with Gasteiger partial charge in [0.1, 0.15) is 11.4 Å². The van der Waals surface area contributed by atoms with Crippen LogP contribution in [0.3, 0.4) is 0 Å². The molecule has 1 atom stereocenters. The van der Waals surface area contributed by atoms with E-state index in [1.807, 2.05) is 56.3 Å². The Kier molecular flexibility index (Phi) is 11.2. The zero-order valence-corrected chi connectivity index (χ0v) is 26.9. The largest absolute Gasteiger partial charge is 0.478 e. The number of aryl methyl sites for hydroxylation is 2. The third-order valence-corrected chi connectivity index (χ3v) is 7.50. The number of anilines is 1. The summed E-state index contributed by atoms with van der Waals surface area (Å²) in [6, 6.07) is 22.9. The van der Waals surface area contributed by atoms with Crippen molar-refractivity contribution in [3.8, 4) is 17.0 Å². The van der Waals surface area contributed by atoms with Crippen molar-refractivity contribution in [3.05, 3.63) is 101 Å². The molecule has 2 N–H and O–H groups in total. The van der Waals surface area contributed by atoms with Gasteiger partial charge < -0.3 is 24.4 Å². The summed E-state index contributed by atoms with van der Waals surface area (Å²) in [4.78, 5) is 39.6. The van der Waals surface area contributed by atoms with Gasteiger partial charge in [0.25, 0.3) is 0 Å². The van der Waals surface area contributed by atoms with Crippen molar-refractivity contribution < 1.29 is 33.5 Å². The number of ether oxygens (including phenoxy) is 2. The highest BCUT2D eigenvalue weighted by Crippen LogP contribution is 2.29. The zero-order chi connectivity index (χ0) is 33.3. The number of amides is 3. The molecule has 0 saturated carbocycles. The Labute approximate surface area is 269 Å². The van der Waals surface area contributed by atoms with E-state index in [1.165, 1.54) is 19.4 Å². The standard InChI is InChI=1S/C36H41N3O7/c1-6-8-12-25-15-20-29(24(3)21-25)37-34(42)39(23-26-13-10-9-11-14-26)35(43)44-31(7-2)32-22-30(38-46-32)27-16-18-28(19-17-27)45-36(4,5)33(40)41/h9-11,13-22,31H,6-8,12,23H2,1-5H3,(H,37,42)(H,40,41). The minimum atomic E-state index is -1.39. The lowest BCUT2D eigenvalue weighted by atomic mass is 10.0. The highest BCUT2D eigenvalue weighted by atomic mass is 16.6. The number of hydrogen-bond donors (Lipinski definition) is 2. The highest BCUT2D eigenvalue weighted by molar-refractivity contribution is 5.99. The first kappa shape index (κ1) is 33.8. The molecule has 0 aliphatic rings. The number of urea groups is 1. The lowest BCUT2D eigenvalue weighted by Crippen LogP contribution is -2.40. The van der Waals surface area contributed by atoms with Gasteiger partial charge >= 0.3 is 18.1 Å². The van der Waals surface area contributed by atoms with Crippen LogP contribution in [0.2, 0.25) is 0 Å². The first-order chi connectivity index (χ1) is 22.0. The molecule has 3 aromatic carbocycles. The molecule has 0 bridgehead atoms. The van der Waals surface area contributed by atoms with Crippen molar-refractivity contribution in [1.29, 1.82) is 0 Å². The van der Waals surface area contributed by atoms with E-state index in [4.69, 9.17) is 14.0 Å². The topological polar surface area (TPSA) is 131 Å². The third-order valence-electron chi connectivity index (χ3n) is 7.50. The van der Waals surface area contributed by atoms with Gasteiger partial charge in [0.05, 0.1) is 6.54 Å². The second-order valence-electron chi connectivity index (χ2n) is 11.6. The van der Waals surface area contributed by atoms with E-state index in [2.05, 4.69) is 23.5 Å². The van der Waals surface area contributed by atoms with E-state index in [0.717, 1.165) is 35.3 Å². The number of aliphatic carboxylic acids is 1. The van der Waals surface area contributed by atoms with Crippen molar-refractivity contribution in [3.63, 3.8) is 0 Å². The summed E-state index contributed by atoms with van der Waals surface area (Å²) >= 11 is 0. The van der Waals surface area contributed by atoms with Gasteiger partial charge in [0.15, 0.2) is 17.5 Å². The molecule has 0 fully saturated rings. The fraction of sp³-hybridized carbons (Fsp3) is 0.333. The number of carboxylic acids is 1. The molecule has 1 heterocycles. The second kappa shape index (κ2) is 15.2. The van der Waals surface area contributed by atoms with Crippen LogP contribution < -0.4 is 10.1 Å². The van der Waals surface area contributed by atoms with E-state index >= 15 is 0 Å². The lowest BCUT2D eigenvalue weighted by molar-refractivity contribution is -0.152. The van der Waals surface area contributed by atoms with Crippen LogP contribution in [0.4, 0.5) is 15.3 Å². The molecular formula is C36H41N3O7. The molecule has 0 radical (unpaired) electrons. The summed E-state index contributed by atoms with van der Waals surface area (Å²) in [7, 11) is 0. The predicted molar refractivity (Wildman–Crippen MR) is 175 cm³/mol. The molecular weight excluding hydrogens is 586 g/mol. The Morgan fingerprint density at radius 3 is 2.33 bits per heavy atom. The summed E-state index contributed by atoms with van der Waals surface area (Å²) in [5, 5.41) is 16.3. The summed E-state index contributed by atoms with van der Waals surface area (Å²) in [5.41, 5.74) is 3.27. The molecule has 0 saturated heterocycles. The van der Waals surface area contributed by atoms with Gasteiger partial charge in [0, 0.05) is 17.3 Å². The van der Waals surface area contributed by atoms with Crippen molar-refractivity contribution in [2.24, 2.45) is 0 Å². The number of hydrogen-bond acceptors (Lipinski definition) is 7. The number of rotatable bonds is 13. The molecule has 3 amide bonds. The van der Waals surface area contributed by atoms with Crippen LogP contribution in [0.1, 0.15) is 75.5 Å². The van der Waals surface area contributed by atoms with Crippen LogP contribution in [0.5, 0.6) is 5.75 Å². The van der Waals surface area contributed by atoms with Crippen LogP contribution in [0.15, 0.2) is 83.4 Å². The van der Waals surface area contributed by atoms with Crippen molar-refractivity contribution in [2.45, 2.75) is 78.6 Å². The molecule has 10 nitrogen and oxygen atoms in total. The minimum Gasteiger partial charge on any atom is -0.478 e. The average molecular weight is 628 g/mol. The Bertz CT molecular complexity index is 1630. The van der Waals surface area contributed by atoms with Crippen molar-refractivity contribution in [1.82, 2.24) is 10.1 Å². The molecule has 4 aromatic rings. The fourth-order valence-corrected chi connectivity index (χ4v) is 4.71. The first-order valence-corrected chi connectivity index (χ1v) is 15.4. The molecule has 0 aliphatic carbocycles. The van der Waals surface area contributed by atoms with Crippen molar-refractivity contribution >= 4 is 23.8 Å². The number of carbonyl (C=O) groups is 3. The maximum absolute atomic E-state index is 13.6. The van der Waals surface area contributed by atoms with Crippen LogP contribution in [-0.4, -0.2) is 38.9 Å². The summed E-state index contributed by atoms with van der Waals surface area (Å²) < 4.78 is 17.0. The number of nitrogens with zero attached hydrogens (tertiary/aromatic N) is 2. The summed E-state index contributed by atoms with van der Waals surface area (Å²) in [6.45, 7) is 8.85. The van der Waals surface area contributed by atoms with Crippen LogP contribution in [-0.2, 0) is 22.5 Å². The number of carboxylic acid groups (broad SMARTS) is 1. The second-order valence-corrected chi connectivity index (χ2v) is 11.6. The minimum absolute atomic E-state index is 0.00430. The number of nitrogens with one attached hydrogen (secondary N) is 1. The molecule has 1 aromatic heterocycles. The lowest BCUT2D eigenvalue weighted by Gasteiger charge is -2.24. The SMILES string of the molecule is CCCCc1ccc(NC(=O)N(Cc2ccccc2)C(=O)OC(CC)c2cc(-c3ccc(OC(C)(C)C(=O)O)cc3)no2)c(C)c1. The monoisotopic (exact) mass is 627 g/mol. The van der Waals surface area contributed by atoms with Crippen LogP contribution >= 0.6 is 0 Å². The number of imide groups is 1. The maximum Gasteiger partial charge on any atom is 0.419 e. The number of unbranched alkanes of at least 4 members (excludes halogenated alkanes) is 1. The molecule has 0 spiro atoms. The van der Waals surface area contributed by atoms with Gasteiger partial charge in [-0.2, -0.15) is 0 Å². The molecule has 10 heteroatoms. The zero-order valence-electron chi connectivity index (χ0n) is 26.9. The van der Waals surface area contributed by atoms with Gasteiger partial charge in [-0.3, -0.25) is 0 Å². The number of aromatic nitrogens is 1. The Balaban J connectivity index is 1.49. The van der Waals surface area contributed by atoms with Gasteiger partial charge in [-0.1, -0.05) is 67.9 Å². The quantitative estimate of drug-likeness (QED) is 0.151. The van der Waals surface area contributed by atoms with E-state index in [1.54, 1.807) is 30.3 Å². The Morgan fingerprint density at radius 2 is 1.70 bits per heavy atom. The third kappa shape index (κ3) is 8.74. The van der Waals surface area contributed by atoms with E-state index in [0.29, 0.717) is 34.9 Å². The predicted octanol–water partition coefficient (Wildman–Crippen LogP) is 8.56. The fourth-order valence-electron chi connectivity index (χ4n) is 4.71. The summed E-state index contributed by atoms with van der Waals surface area (Å²) in [6.07, 6.45) is 1.88. The van der Waals surface area contributed by atoms with Crippen LogP contribution in [0, 0.1) is 6.92 Å². The Morgan fingerprint density at radius 1 is 0.978 bits per heavy atom. The maximum atomic E-state index is 13.6. The Hall–Kier alpha value is -5.12. The van der Waals surface area contributed by atoms with E-state index in [9.17, 15) is 19.5 Å². The molecule has 242 valence electrons. The average Bonchev–Trinajstić information content (AvgIpc) is 3.53. The summed E-state index contributed by atoms with van der Waals surface area (Å²) in [5.74, 6) is -0.374. The normalized spacial score (nSPS) is 11.8. The van der Waals surface area contributed by atoms with Gasteiger partial charge in [-0.05, 0) is 87.1 Å². The molecule has 0 aliphatic heterocycles. The first-order valence-electron chi connectivity index (χ1n) is 15.4. The molecule has 1 unspecified atom stereocenters. The van der Waals surface area contributed by atoms with Gasteiger partial charge in [-0.15, -0.1) is 0 Å². The molecule has 4 rings (SSSR count). The van der Waals surface area contributed by atoms with Gasteiger partial charge in [-0.25, -0.2) is 19.3 Å². The number of carbonyl (C=O) groups excluding carboxylic acids is 2. The van der Waals surface area contributed by atoms with E-state index in [-0.39, 0.29) is 6.54 Å². The van der Waals surface area contributed by atoms with Crippen LogP contribution in [0.25, 0.3) is 11.3 Å². The highest BCUT2D eigenvalue weighted by Gasteiger charge is 2.30. The molecule has 46 heavy (non-hydrogen) atoms. The smallest absolute Gasteiger partial charge is 0.419 e.